The van der Waals surface area contributed by atoms with Crippen LogP contribution >= 0.6 is 0 Å². The molecular weight excluding hydrogens is 196 g/mol. The predicted octanol–water partition coefficient (Wildman–Crippen LogP) is 2.80. The molecule has 0 unspecified atom stereocenters. The van der Waals surface area contributed by atoms with Gasteiger partial charge < -0.3 is 0 Å². The van der Waals surface area contributed by atoms with Gasteiger partial charge in [-0.15, -0.1) is 0 Å². The van der Waals surface area contributed by atoms with Gasteiger partial charge in [-0.05, 0) is 43.0 Å². The molecule has 0 nitrogen and oxygen atoms in total. The first-order chi connectivity index (χ1) is 7.20. The monoisotopic (exact) mass is 214 g/mol. The zero-order valence-electron chi connectivity index (χ0n) is 9.80. The molecule has 1 aliphatic rings. The third kappa shape index (κ3) is 2.12. The SMILES string of the molecule is Cc1cc(C)cc(C2=C(C[SiH3])C=CC2)c1. The Bertz CT molecular complexity index is 418. The van der Waals surface area contributed by atoms with Crippen LogP contribution in [-0.4, -0.2) is 10.2 Å². The highest BCUT2D eigenvalue weighted by molar-refractivity contribution is 6.11. The fourth-order valence-electron chi connectivity index (χ4n) is 2.33. The summed E-state index contributed by atoms with van der Waals surface area (Å²) in [4.78, 5) is 0. The van der Waals surface area contributed by atoms with Crippen molar-refractivity contribution in [3.8, 4) is 0 Å². The van der Waals surface area contributed by atoms with E-state index in [9.17, 15) is 0 Å². The maximum absolute atomic E-state index is 2.31. The second kappa shape index (κ2) is 4.19. The lowest BCUT2D eigenvalue weighted by Crippen LogP contribution is -1.88. The topological polar surface area (TPSA) is 0 Å². The van der Waals surface area contributed by atoms with Gasteiger partial charge in [-0.2, -0.15) is 0 Å². The van der Waals surface area contributed by atoms with Crippen molar-refractivity contribution in [3.05, 3.63) is 52.6 Å². The van der Waals surface area contributed by atoms with Crippen molar-refractivity contribution in [3.63, 3.8) is 0 Å². The van der Waals surface area contributed by atoms with Crippen LogP contribution in [0.25, 0.3) is 5.57 Å². The van der Waals surface area contributed by atoms with E-state index in [4.69, 9.17) is 0 Å². The first-order valence-corrected chi connectivity index (χ1v) is 7.09. The Labute approximate surface area is 95.1 Å². The lowest BCUT2D eigenvalue weighted by Gasteiger charge is -2.08. The summed E-state index contributed by atoms with van der Waals surface area (Å²) in [6.07, 6.45) is 5.72. The van der Waals surface area contributed by atoms with Crippen LogP contribution in [0.5, 0.6) is 0 Å². The van der Waals surface area contributed by atoms with Crippen molar-refractivity contribution in [1.82, 2.24) is 0 Å². The molecule has 0 radical (unpaired) electrons. The largest absolute Gasteiger partial charge is 0.0798 e. The number of allylic oxidation sites excluding steroid dienone is 4. The Kier molecular flexibility index (Phi) is 2.92. The summed E-state index contributed by atoms with van der Waals surface area (Å²) < 4.78 is 0. The Balaban J connectivity index is 2.46. The fraction of sp³-hybridized carbons (Fsp3) is 0.286. The molecule has 0 heterocycles. The van der Waals surface area contributed by atoms with E-state index in [0.717, 1.165) is 6.42 Å². The van der Waals surface area contributed by atoms with Gasteiger partial charge >= 0.3 is 0 Å². The van der Waals surface area contributed by atoms with Gasteiger partial charge in [-0.25, -0.2) is 0 Å². The average molecular weight is 214 g/mol. The van der Waals surface area contributed by atoms with E-state index in [1.165, 1.54) is 33.0 Å². The van der Waals surface area contributed by atoms with Crippen molar-refractivity contribution in [2.75, 3.05) is 0 Å². The molecule has 0 spiro atoms. The molecule has 0 aromatic heterocycles. The summed E-state index contributed by atoms with van der Waals surface area (Å²) in [5.74, 6) is 0. The normalized spacial score (nSPS) is 15.3. The van der Waals surface area contributed by atoms with Crippen LogP contribution in [0.1, 0.15) is 23.1 Å². The van der Waals surface area contributed by atoms with Gasteiger partial charge in [0.15, 0.2) is 0 Å². The highest BCUT2D eigenvalue weighted by Gasteiger charge is 2.10. The van der Waals surface area contributed by atoms with Crippen molar-refractivity contribution < 1.29 is 0 Å². The Morgan fingerprint density at radius 1 is 1.13 bits per heavy atom. The third-order valence-electron chi connectivity index (χ3n) is 2.98. The van der Waals surface area contributed by atoms with E-state index < -0.39 is 0 Å². The number of aryl methyl sites for hydroxylation is 2. The van der Waals surface area contributed by atoms with Crippen LogP contribution in [0.2, 0.25) is 6.04 Å². The summed E-state index contributed by atoms with van der Waals surface area (Å²) >= 11 is 0. The molecule has 1 aromatic carbocycles. The molecule has 78 valence electrons. The van der Waals surface area contributed by atoms with E-state index in [0.29, 0.717) is 0 Å². The molecule has 0 saturated carbocycles. The van der Waals surface area contributed by atoms with Crippen molar-refractivity contribution >= 4 is 15.8 Å². The number of hydrogen-bond acceptors (Lipinski definition) is 0. The Morgan fingerprint density at radius 3 is 2.40 bits per heavy atom. The van der Waals surface area contributed by atoms with Gasteiger partial charge in [0.1, 0.15) is 0 Å². The summed E-state index contributed by atoms with van der Waals surface area (Å²) in [5, 5.41) is 0. The van der Waals surface area contributed by atoms with E-state index in [1.54, 1.807) is 11.1 Å². The minimum atomic E-state index is 1.13. The molecule has 1 heteroatoms. The average Bonchev–Trinajstić information content (AvgIpc) is 2.63. The maximum Gasteiger partial charge on any atom is 0.00834 e. The van der Waals surface area contributed by atoms with Gasteiger partial charge in [-0.1, -0.05) is 41.5 Å². The Morgan fingerprint density at radius 2 is 1.80 bits per heavy atom. The van der Waals surface area contributed by atoms with Gasteiger partial charge in [0.25, 0.3) is 0 Å². The zero-order chi connectivity index (χ0) is 10.8. The number of hydrogen-bond donors (Lipinski definition) is 0. The molecule has 0 aliphatic heterocycles. The van der Waals surface area contributed by atoms with Gasteiger partial charge in [0.05, 0.1) is 0 Å². The number of rotatable bonds is 2. The van der Waals surface area contributed by atoms with Crippen LogP contribution in [0.3, 0.4) is 0 Å². The van der Waals surface area contributed by atoms with E-state index >= 15 is 0 Å². The van der Waals surface area contributed by atoms with Crippen LogP contribution in [0.15, 0.2) is 35.9 Å². The fourth-order valence-corrected chi connectivity index (χ4v) is 3.00. The van der Waals surface area contributed by atoms with Crippen molar-refractivity contribution in [2.24, 2.45) is 0 Å². The summed E-state index contributed by atoms with van der Waals surface area (Å²) in [7, 11) is 1.26. The molecule has 0 fully saturated rings. The summed E-state index contributed by atoms with van der Waals surface area (Å²) in [6.45, 7) is 4.36. The first kappa shape index (κ1) is 10.4. The Hall–Kier alpha value is -1.08. The number of benzene rings is 1. The summed E-state index contributed by atoms with van der Waals surface area (Å²) in [5.41, 5.74) is 7.29. The smallest absolute Gasteiger partial charge is 0.00834 e. The lowest BCUT2D eigenvalue weighted by molar-refractivity contribution is 1.33. The minimum Gasteiger partial charge on any atom is -0.0798 e. The molecule has 0 amide bonds. The zero-order valence-corrected chi connectivity index (χ0v) is 11.8. The van der Waals surface area contributed by atoms with E-state index in [-0.39, 0.29) is 0 Å². The molecule has 2 rings (SSSR count). The molecule has 0 N–H and O–H groups in total. The third-order valence-corrected chi connectivity index (χ3v) is 3.74. The van der Waals surface area contributed by atoms with Gasteiger partial charge in [-0.3, -0.25) is 0 Å². The quantitative estimate of drug-likeness (QED) is 0.664. The highest BCUT2D eigenvalue weighted by atomic mass is 28.1. The maximum atomic E-state index is 2.31. The molecule has 0 saturated heterocycles. The van der Waals surface area contributed by atoms with Gasteiger partial charge in [0.2, 0.25) is 0 Å². The van der Waals surface area contributed by atoms with Gasteiger partial charge in [0, 0.05) is 10.2 Å². The predicted molar refractivity (Wildman–Crippen MR) is 71.3 cm³/mol. The van der Waals surface area contributed by atoms with Crippen LogP contribution in [0, 0.1) is 13.8 Å². The first-order valence-electron chi connectivity index (χ1n) is 5.68. The van der Waals surface area contributed by atoms with E-state index in [1.807, 2.05) is 0 Å². The molecule has 0 bridgehead atoms. The highest BCUT2D eigenvalue weighted by Crippen LogP contribution is 2.31. The van der Waals surface area contributed by atoms with E-state index in [2.05, 4.69) is 44.2 Å². The minimum absolute atomic E-state index is 1.13. The summed E-state index contributed by atoms with van der Waals surface area (Å²) in [6, 6.07) is 8.14. The standard InChI is InChI=1S/C14H18Si/c1-10-6-11(2)8-13(7-10)14-5-3-4-12(14)9-15/h3-4,6-8H,5,9H2,1-2,15H3. The molecular formula is C14H18Si. The molecule has 1 aliphatic carbocycles. The molecule has 0 atom stereocenters. The van der Waals surface area contributed by atoms with Crippen LogP contribution in [0.4, 0.5) is 0 Å². The van der Waals surface area contributed by atoms with Crippen molar-refractivity contribution in [1.29, 1.82) is 0 Å². The molecule has 1 aromatic rings. The second-order valence-electron chi connectivity index (χ2n) is 4.34. The van der Waals surface area contributed by atoms with Crippen molar-refractivity contribution in [2.45, 2.75) is 26.3 Å². The molecule has 15 heavy (non-hydrogen) atoms. The van der Waals surface area contributed by atoms with Crippen LogP contribution < -0.4 is 0 Å². The lowest BCUT2D eigenvalue weighted by atomic mass is 9.98. The second-order valence-corrected chi connectivity index (χ2v) is 5.05. The van der Waals surface area contributed by atoms with Crippen LogP contribution in [-0.2, 0) is 0 Å².